The monoisotopic (exact) mass is 287 g/mol. The van der Waals surface area contributed by atoms with Crippen LogP contribution in [0.3, 0.4) is 0 Å². The molecule has 1 aliphatic carbocycles. The highest BCUT2D eigenvalue weighted by Crippen LogP contribution is 2.32. The van der Waals surface area contributed by atoms with Crippen LogP contribution in [0.5, 0.6) is 0 Å². The van der Waals surface area contributed by atoms with Crippen molar-refractivity contribution in [2.45, 2.75) is 37.8 Å². The molecule has 2 atom stereocenters. The number of nitrogens with one attached hydrogen (secondary N) is 2. The van der Waals surface area contributed by atoms with Gasteiger partial charge in [-0.1, -0.05) is 42.0 Å². The first-order valence-corrected chi connectivity index (χ1v) is 7.03. The van der Waals surface area contributed by atoms with Gasteiger partial charge >= 0.3 is 6.09 Å². The van der Waals surface area contributed by atoms with Gasteiger partial charge in [-0.25, -0.2) is 4.79 Å². The number of hydrogen-bond acceptors (Lipinski definition) is 5. The molecule has 110 valence electrons. The van der Waals surface area contributed by atoms with E-state index in [1.54, 1.807) is 0 Å². The van der Waals surface area contributed by atoms with E-state index >= 15 is 0 Å². The Hall–Kier alpha value is -2.44. The van der Waals surface area contributed by atoms with Crippen LogP contribution in [0.2, 0.25) is 0 Å². The maximum atomic E-state index is 11.9. The van der Waals surface area contributed by atoms with E-state index < -0.39 is 6.09 Å². The van der Waals surface area contributed by atoms with E-state index in [1.165, 1.54) is 0 Å². The average molecular weight is 287 g/mol. The first-order valence-electron chi connectivity index (χ1n) is 7.03. The molecule has 0 saturated heterocycles. The fourth-order valence-corrected chi connectivity index (χ4v) is 2.68. The number of carbonyl (C=O) groups excluding carboxylic acids is 1. The zero-order chi connectivity index (χ0) is 14.5. The number of aromatic amines is 1. The summed E-state index contributed by atoms with van der Waals surface area (Å²) in [4.78, 5) is 11.9. The molecule has 2 aromatic rings. The summed E-state index contributed by atoms with van der Waals surface area (Å²) in [6, 6.07) is 9.61. The van der Waals surface area contributed by atoms with Crippen molar-refractivity contribution in [1.82, 2.24) is 25.9 Å². The summed E-state index contributed by atoms with van der Waals surface area (Å²) >= 11 is 0. The van der Waals surface area contributed by atoms with Gasteiger partial charge in [-0.05, 0) is 18.4 Å². The smallest absolute Gasteiger partial charge is 0.407 e. The minimum Gasteiger partial charge on any atom is -0.445 e. The number of carbonyl (C=O) groups is 1. The van der Waals surface area contributed by atoms with E-state index in [2.05, 4.69) is 25.9 Å². The average Bonchev–Trinajstić information content (AvgIpc) is 3.17. The minimum absolute atomic E-state index is 0.00544. The number of rotatable bonds is 4. The Balaban J connectivity index is 1.52. The summed E-state index contributed by atoms with van der Waals surface area (Å²) in [6.07, 6.45) is 2.48. The number of amides is 1. The second-order valence-corrected chi connectivity index (χ2v) is 5.12. The van der Waals surface area contributed by atoms with Crippen molar-refractivity contribution in [3.05, 3.63) is 41.7 Å². The van der Waals surface area contributed by atoms with E-state index in [1.807, 2.05) is 30.3 Å². The first-order chi connectivity index (χ1) is 10.3. The van der Waals surface area contributed by atoms with Crippen molar-refractivity contribution >= 4 is 6.09 Å². The van der Waals surface area contributed by atoms with Crippen LogP contribution in [-0.4, -0.2) is 32.8 Å². The Kier molecular flexibility index (Phi) is 4.09. The van der Waals surface area contributed by atoms with Gasteiger partial charge in [0.05, 0.1) is 0 Å². The van der Waals surface area contributed by atoms with E-state index in [0.29, 0.717) is 5.82 Å². The number of nitrogens with zero attached hydrogens (tertiary/aromatic N) is 3. The second-order valence-electron chi connectivity index (χ2n) is 5.12. The SMILES string of the molecule is O=C(N[C@H]1CCC[C@@H]1c1nn[nH]n1)OCc1ccccc1. The van der Waals surface area contributed by atoms with Gasteiger partial charge in [0, 0.05) is 12.0 Å². The molecule has 1 amide bonds. The molecule has 1 aromatic heterocycles. The molecule has 1 fully saturated rings. The molecule has 7 heteroatoms. The molecular formula is C14H17N5O2. The fourth-order valence-electron chi connectivity index (χ4n) is 2.68. The lowest BCUT2D eigenvalue weighted by molar-refractivity contribution is 0.135. The Bertz CT molecular complexity index is 572. The van der Waals surface area contributed by atoms with Gasteiger partial charge in [0.2, 0.25) is 0 Å². The maximum Gasteiger partial charge on any atom is 0.407 e. The Morgan fingerprint density at radius 3 is 2.95 bits per heavy atom. The molecule has 0 spiro atoms. The van der Waals surface area contributed by atoms with Crippen LogP contribution >= 0.6 is 0 Å². The van der Waals surface area contributed by atoms with Crippen molar-refractivity contribution in [2.24, 2.45) is 0 Å². The fraction of sp³-hybridized carbons (Fsp3) is 0.429. The maximum absolute atomic E-state index is 11.9. The standard InChI is InChI=1S/C14H17N5O2/c20-14(21-9-10-5-2-1-3-6-10)15-12-8-4-7-11(12)13-16-18-19-17-13/h1-3,5-6,11-12H,4,7-9H2,(H,15,20)(H,16,17,18,19)/t11-,12-/m0/s1. The van der Waals surface area contributed by atoms with Gasteiger partial charge < -0.3 is 10.1 Å². The Morgan fingerprint density at radius 2 is 2.19 bits per heavy atom. The van der Waals surface area contributed by atoms with Crippen LogP contribution in [0.15, 0.2) is 30.3 Å². The number of ether oxygens (including phenoxy) is 1. The quantitative estimate of drug-likeness (QED) is 0.893. The van der Waals surface area contributed by atoms with E-state index in [4.69, 9.17) is 4.74 Å². The molecule has 0 unspecified atom stereocenters. The molecule has 3 rings (SSSR count). The largest absolute Gasteiger partial charge is 0.445 e. The number of aromatic nitrogens is 4. The predicted octanol–water partition coefficient (Wildman–Crippen LogP) is 1.76. The molecule has 1 saturated carbocycles. The molecular weight excluding hydrogens is 270 g/mol. The molecule has 0 aliphatic heterocycles. The zero-order valence-corrected chi connectivity index (χ0v) is 11.5. The number of hydrogen-bond donors (Lipinski definition) is 2. The van der Waals surface area contributed by atoms with E-state index in [-0.39, 0.29) is 18.6 Å². The number of benzene rings is 1. The summed E-state index contributed by atoms with van der Waals surface area (Å²) in [5.74, 6) is 0.758. The highest BCUT2D eigenvalue weighted by Gasteiger charge is 2.33. The van der Waals surface area contributed by atoms with Crippen LogP contribution in [0.1, 0.15) is 36.6 Å². The normalized spacial score (nSPS) is 21.1. The van der Waals surface area contributed by atoms with E-state index in [0.717, 1.165) is 24.8 Å². The lowest BCUT2D eigenvalue weighted by Crippen LogP contribution is -2.37. The summed E-state index contributed by atoms with van der Waals surface area (Å²) in [6.45, 7) is 0.270. The van der Waals surface area contributed by atoms with Gasteiger partial charge in [-0.15, -0.1) is 10.2 Å². The molecule has 7 nitrogen and oxygen atoms in total. The molecule has 0 bridgehead atoms. The van der Waals surface area contributed by atoms with Crippen LogP contribution in [0, 0.1) is 0 Å². The highest BCUT2D eigenvalue weighted by atomic mass is 16.5. The topological polar surface area (TPSA) is 92.8 Å². The molecule has 21 heavy (non-hydrogen) atoms. The van der Waals surface area contributed by atoms with Gasteiger partial charge in [0.1, 0.15) is 6.61 Å². The lowest BCUT2D eigenvalue weighted by atomic mass is 10.0. The van der Waals surface area contributed by atoms with Gasteiger partial charge in [0.15, 0.2) is 5.82 Å². The van der Waals surface area contributed by atoms with Gasteiger partial charge in [0.25, 0.3) is 0 Å². The summed E-state index contributed by atoms with van der Waals surface area (Å²) in [5, 5.41) is 17.0. The third kappa shape index (κ3) is 3.36. The molecule has 2 N–H and O–H groups in total. The number of tetrazole rings is 1. The zero-order valence-electron chi connectivity index (χ0n) is 11.5. The lowest BCUT2D eigenvalue weighted by Gasteiger charge is -2.18. The van der Waals surface area contributed by atoms with Crippen LogP contribution in [0.4, 0.5) is 4.79 Å². The van der Waals surface area contributed by atoms with Crippen LogP contribution < -0.4 is 5.32 Å². The molecule has 1 aliphatic rings. The molecule has 1 aromatic carbocycles. The highest BCUT2D eigenvalue weighted by molar-refractivity contribution is 5.67. The molecule has 0 radical (unpaired) electrons. The third-order valence-corrected chi connectivity index (χ3v) is 3.73. The Labute approximate surface area is 122 Å². The van der Waals surface area contributed by atoms with Crippen molar-refractivity contribution in [1.29, 1.82) is 0 Å². The third-order valence-electron chi connectivity index (χ3n) is 3.73. The molecule has 1 heterocycles. The first kappa shape index (κ1) is 13.5. The van der Waals surface area contributed by atoms with E-state index in [9.17, 15) is 4.79 Å². The van der Waals surface area contributed by atoms with Crippen molar-refractivity contribution in [3.63, 3.8) is 0 Å². The number of H-pyrrole nitrogens is 1. The van der Waals surface area contributed by atoms with Crippen molar-refractivity contribution in [3.8, 4) is 0 Å². The summed E-state index contributed by atoms with van der Waals surface area (Å²) < 4.78 is 5.24. The Morgan fingerprint density at radius 1 is 1.33 bits per heavy atom. The second kappa shape index (κ2) is 6.34. The van der Waals surface area contributed by atoms with Crippen molar-refractivity contribution < 1.29 is 9.53 Å². The van der Waals surface area contributed by atoms with Crippen molar-refractivity contribution in [2.75, 3.05) is 0 Å². The van der Waals surface area contributed by atoms with Gasteiger partial charge in [-0.2, -0.15) is 5.21 Å². The van der Waals surface area contributed by atoms with Crippen LogP contribution in [-0.2, 0) is 11.3 Å². The van der Waals surface area contributed by atoms with Gasteiger partial charge in [-0.3, -0.25) is 0 Å². The summed E-state index contributed by atoms with van der Waals surface area (Å²) in [5.41, 5.74) is 0.966. The predicted molar refractivity (Wildman–Crippen MR) is 74.3 cm³/mol. The number of alkyl carbamates (subject to hydrolysis) is 1. The summed E-state index contributed by atoms with van der Waals surface area (Å²) in [7, 11) is 0. The van der Waals surface area contributed by atoms with Crippen LogP contribution in [0.25, 0.3) is 0 Å². The minimum atomic E-state index is -0.403.